The number of carbonyl (C=O) groups excluding carboxylic acids is 3. The largest absolute Gasteiger partial charge is 0.489 e. The highest BCUT2D eigenvalue weighted by atomic mass is 32.2. The van der Waals surface area contributed by atoms with Crippen LogP contribution in [-0.2, 0) is 27.5 Å². The first kappa shape index (κ1) is 31.2. The van der Waals surface area contributed by atoms with E-state index in [9.17, 15) is 23.2 Å². The molecule has 4 aromatic carbocycles. The molecule has 0 aliphatic carbocycles. The van der Waals surface area contributed by atoms with Crippen molar-refractivity contribution in [2.24, 2.45) is 5.73 Å². The molecule has 0 aliphatic rings. The molecule has 0 fully saturated rings. The van der Waals surface area contributed by atoms with E-state index in [0.717, 1.165) is 10.5 Å². The lowest BCUT2D eigenvalue weighted by molar-refractivity contribution is -0.146. The third kappa shape index (κ3) is 8.20. The number of thioether (sulfide) groups is 1. The highest BCUT2D eigenvalue weighted by Crippen LogP contribution is 2.33. The molecule has 4 rings (SSSR count). The molecule has 2 N–H and O–H groups in total. The van der Waals surface area contributed by atoms with Crippen molar-refractivity contribution in [2.45, 2.75) is 31.1 Å². The van der Waals surface area contributed by atoms with E-state index in [1.807, 2.05) is 18.2 Å². The van der Waals surface area contributed by atoms with Gasteiger partial charge in [-0.15, -0.1) is 11.8 Å². The number of rotatable bonds is 12. The predicted molar refractivity (Wildman–Crippen MR) is 160 cm³/mol. The van der Waals surface area contributed by atoms with Crippen LogP contribution in [0.5, 0.6) is 5.75 Å². The molecular formula is C33H30F2N2O5S. The number of benzene rings is 4. The number of esters is 1. The molecule has 0 aliphatic heterocycles. The summed E-state index contributed by atoms with van der Waals surface area (Å²) in [4.78, 5) is 39.6. The normalized spacial score (nSPS) is 11.4. The van der Waals surface area contributed by atoms with Gasteiger partial charge in [-0.05, 0) is 71.8 Å². The molecule has 0 bridgehead atoms. The Labute approximate surface area is 252 Å². The molecule has 0 saturated heterocycles. The maximum Gasteiger partial charge on any atom is 0.326 e. The fraction of sp³-hybridized carbons (Fsp3) is 0.182. The number of ether oxygens (including phenoxy) is 2. The first-order chi connectivity index (χ1) is 20.7. The SMILES string of the molecule is CSc1cc(F)c(F)cc1-c1ccc(OCc2cccc(C(=O)N(CC(=O)OCc3ccccc3)[C@@H](C)C(N)=O)c2)cc1. The van der Waals surface area contributed by atoms with Crippen LogP contribution < -0.4 is 10.5 Å². The Hall–Kier alpha value is -4.70. The molecule has 0 aromatic heterocycles. The Bertz CT molecular complexity index is 1600. The Kier molecular flexibility index (Phi) is 10.5. The van der Waals surface area contributed by atoms with Gasteiger partial charge in [0, 0.05) is 10.5 Å². The van der Waals surface area contributed by atoms with Crippen molar-refractivity contribution in [1.82, 2.24) is 4.90 Å². The lowest BCUT2D eigenvalue weighted by Gasteiger charge is -2.26. The summed E-state index contributed by atoms with van der Waals surface area (Å²) in [7, 11) is 0. The van der Waals surface area contributed by atoms with Gasteiger partial charge in [-0.3, -0.25) is 14.4 Å². The summed E-state index contributed by atoms with van der Waals surface area (Å²) in [6, 6.07) is 23.9. The Morgan fingerprint density at radius 2 is 1.53 bits per heavy atom. The van der Waals surface area contributed by atoms with Crippen molar-refractivity contribution in [3.8, 4) is 16.9 Å². The second kappa shape index (κ2) is 14.5. The van der Waals surface area contributed by atoms with Gasteiger partial charge in [0.15, 0.2) is 11.6 Å². The number of nitrogens with two attached hydrogens (primary N) is 1. The minimum atomic E-state index is -1.06. The smallest absolute Gasteiger partial charge is 0.326 e. The summed E-state index contributed by atoms with van der Waals surface area (Å²) in [6.45, 7) is 1.13. The molecule has 2 amide bonds. The molecule has 4 aromatic rings. The first-order valence-electron chi connectivity index (χ1n) is 13.3. The van der Waals surface area contributed by atoms with E-state index >= 15 is 0 Å². The quantitative estimate of drug-likeness (QED) is 0.158. The lowest BCUT2D eigenvalue weighted by atomic mass is 10.1. The summed E-state index contributed by atoms with van der Waals surface area (Å²) >= 11 is 1.32. The molecule has 43 heavy (non-hydrogen) atoms. The number of hydrogen-bond donors (Lipinski definition) is 1. The number of nitrogens with zero attached hydrogens (tertiary/aromatic N) is 1. The standard InChI is InChI=1S/C33H30F2N2O5S/c1-21(32(36)39)37(18-31(38)42-19-22-7-4-3-5-8-22)33(40)25-10-6-9-23(15-25)20-41-26-13-11-24(12-14-26)27-16-28(34)29(35)17-30(27)43-2/h3-17,21H,18-20H2,1-2H3,(H2,36,39)/t21-/m0/s1. The van der Waals surface area contributed by atoms with Crippen LogP contribution in [0.15, 0.2) is 95.9 Å². The van der Waals surface area contributed by atoms with Gasteiger partial charge in [0.25, 0.3) is 5.91 Å². The average molecular weight is 605 g/mol. The number of carbonyl (C=O) groups is 3. The Morgan fingerprint density at radius 1 is 0.860 bits per heavy atom. The summed E-state index contributed by atoms with van der Waals surface area (Å²) in [6.07, 6.45) is 1.79. The number of hydrogen-bond acceptors (Lipinski definition) is 6. The van der Waals surface area contributed by atoms with Crippen molar-refractivity contribution >= 4 is 29.5 Å². The summed E-state index contributed by atoms with van der Waals surface area (Å²) in [5.74, 6) is -3.30. The molecule has 0 spiro atoms. The zero-order valence-corrected chi connectivity index (χ0v) is 24.4. The van der Waals surface area contributed by atoms with Crippen LogP contribution in [0.25, 0.3) is 11.1 Å². The van der Waals surface area contributed by atoms with Crippen molar-refractivity contribution in [1.29, 1.82) is 0 Å². The monoisotopic (exact) mass is 604 g/mol. The van der Waals surface area contributed by atoms with E-state index < -0.39 is 42.0 Å². The van der Waals surface area contributed by atoms with Crippen LogP contribution >= 0.6 is 11.8 Å². The zero-order chi connectivity index (χ0) is 30.9. The van der Waals surface area contributed by atoms with Crippen molar-refractivity contribution in [2.75, 3.05) is 12.8 Å². The van der Waals surface area contributed by atoms with Crippen LogP contribution in [0.1, 0.15) is 28.4 Å². The topological polar surface area (TPSA) is 98.9 Å². The van der Waals surface area contributed by atoms with Crippen LogP contribution in [0.2, 0.25) is 0 Å². The molecule has 10 heteroatoms. The summed E-state index contributed by atoms with van der Waals surface area (Å²) < 4.78 is 38.7. The first-order valence-corrected chi connectivity index (χ1v) is 14.5. The second-order valence-electron chi connectivity index (χ2n) is 9.64. The van der Waals surface area contributed by atoms with Gasteiger partial charge in [-0.2, -0.15) is 0 Å². The maximum absolute atomic E-state index is 13.9. The van der Waals surface area contributed by atoms with Gasteiger partial charge in [-0.1, -0.05) is 54.6 Å². The number of primary amides is 1. The maximum atomic E-state index is 13.9. The molecule has 222 valence electrons. The van der Waals surface area contributed by atoms with Crippen LogP contribution in [0, 0.1) is 11.6 Å². The highest BCUT2D eigenvalue weighted by molar-refractivity contribution is 7.98. The van der Waals surface area contributed by atoms with Crippen molar-refractivity contribution in [3.05, 3.63) is 119 Å². The fourth-order valence-electron chi connectivity index (χ4n) is 4.24. The van der Waals surface area contributed by atoms with Gasteiger partial charge in [0.1, 0.15) is 31.5 Å². The molecule has 0 unspecified atom stereocenters. The van der Waals surface area contributed by atoms with Gasteiger partial charge in [0.05, 0.1) is 0 Å². The summed E-state index contributed by atoms with van der Waals surface area (Å²) in [5, 5.41) is 0. The van der Waals surface area contributed by atoms with Crippen LogP contribution in [0.4, 0.5) is 8.78 Å². The molecular weight excluding hydrogens is 574 g/mol. The molecule has 0 radical (unpaired) electrons. The van der Waals surface area contributed by atoms with Crippen molar-refractivity contribution in [3.63, 3.8) is 0 Å². The Balaban J connectivity index is 1.42. The number of amides is 2. The third-order valence-corrected chi connectivity index (χ3v) is 7.45. The van der Waals surface area contributed by atoms with E-state index in [1.165, 1.54) is 30.8 Å². The van der Waals surface area contributed by atoms with E-state index in [4.69, 9.17) is 15.2 Å². The summed E-state index contributed by atoms with van der Waals surface area (Å²) in [5.41, 5.74) is 8.44. The lowest BCUT2D eigenvalue weighted by Crippen LogP contribution is -2.48. The van der Waals surface area contributed by atoms with E-state index in [-0.39, 0.29) is 18.8 Å². The predicted octanol–water partition coefficient (Wildman–Crippen LogP) is 5.99. The van der Waals surface area contributed by atoms with E-state index in [1.54, 1.807) is 66.9 Å². The van der Waals surface area contributed by atoms with Gasteiger partial charge < -0.3 is 20.1 Å². The zero-order valence-electron chi connectivity index (χ0n) is 23.6. The molecule has 1 atom stereocenters. The van der Waals surface area contributed by atoms with Gasteiger partial charge in [-0.25, -0.2) is 8.78 Å². The molecule has 0 heterocycles. The molecule has 0 saturated carbocycles. The van der Waals surface area contributed by atoms with Gasteiger partial charge >= 0.3 is 5.97 Å². The minimum absolute atomic E-state index is 0.0278. The average Bonchev–Trinajstić information content (AvgIpc) is 3.03. The van der Waals surface area contributed by atoms with Crippen molar-refractivity contribution < 1.29 is 32.6 Å². The van der Waals surface area contributed by atoms with E-state index in [2.05, 4.69) is 0 Å². The van der Waals surface area contributed by atoms with Crippen LogP contribution in [-0.4, -0.2) is 41.5 Å². The third-order valence-electron chi connectivity index (χ3n) is 6.67. The number of halogens is 2. The highest BCUT2D eigenvalue weighted by Gasteiger charge is 2.28. The van der Waals surface area contributed by atoms with Gasteiger partial charge in [0.2, 0.25) is 5.91 Å². The Morgan fingerprint density at radius 3 is 2.21 bits per heavy atom. The second-order valence-corrected chi connectivity index (χ2v) is 10.5. The fourth-order valence-corrected chi connectivity index (χ4v) is 4.86. The molecule has 7 nitrogen and oxygen atoms in total. The minimum Gasteiger partial charge on any atom is -0.489 e. The van der Waals surface area contributed by atoms with Crippen LogP contribution in [0.3, 0.4) is 0 Å². The van der Waals surface area contributed by atoms with E-state index in [0.29, 0.717) is 27.3 Å².